The van der Waals surface area contributed by atoms with E-state index in [1.807, 2.05) is 18.2 Å². The summed E-state index contributed by atoms with van der Waals surface area (Å²) in [5.41, 5.74) is 0. The minimum absolute atomic E-state index is 0.123. The van der Waals surface area contributed by atoms with Gasteiger partial charge in [-0.1, -0.05) is 160 Å². The molecule has 6 atom stereocenters. The highest BCUT2D eigenvalue weighted by Crippen LogP contribution is 2.36. The Hall–Kier alpha value is -1.74. The van der Waals surface area contributed by atoms with Gasteiger partial charge in [-0.05, 0) is 38.0 Å². The number of unbranched alkanes of at least 4 members (excludes halogenated alkanes) is 19. The summed E-state index contributed by atoms with van der Waals surface area (Å²) in [6.45, 7) is 3.85. The van der Waals surface area contributed by atoms with Crippen molar-refractivity contribution in [1.29, 1.82) is 0 Å². The van der Waals surface area contributed by atoms with Crippen molar-refractivity contribution >= 4 is 11.9 Å². The molecule has 0 spiro atoms. The molecule has 0 aromatic carbocycles. The highest BCUT2D eigenvalue weighted by atomic mass is 16.6. The molecule has 1 saturated carbocycles. The van der Waals surface area contributed by atoms with Crippen LogP contribution < -0.4 is 0 Å². The number of carbonyl (C=O) groups excluding carboxylic acids is 2. The molecule has 0 bridgehead atoms. The molecule has 0 aliphatic heterocycles. The van der Waals surface area contributed by atoms with E-state index in [0.717, 1.165) is 38.5 Å². The summed E-state index contributed by atoms with van der Waals surface area (Å²) < 4.78 is 10.6. The molecular formula is C43H78O8. The first-order valence-corrected chi connectivity index (χ1v) is 21.2. The fraction of sp³-hybridized carbons (Fsp3) is 0.860. The molecule has 0 amide bonds. The van der Waals surface area contributed by atoms with Gasteiger partial charge in [0.25, 0.3) is 0 Å². The first-order valence-electron chi connectivity index (χ1n) is 21.2. The second kappa shape index (κ2) is 32.9. The molecule has 51 heavy (non-hydrogen) atoms. The Labute approximate surface area is 311 Å². The molecule has 0 aromatic rings. The minimum atomic E-state index is -0.863. The summed E-state index contributed by atoms with van der Waals surface area (Å²) in [6.07, 6.45) is 33.3. The van der Waals surface area contributed by atoms with Crippen LogP contribution in [0.25, 0.3) is 0 Å². The maximum Gasteiger partial charge on any atom is 0.306 e. The molecule has 8 nitrogen and oxygen atoms in total. The Balaban J connectivity index is 2.08. The van der Waals surface area contributed by atoms with Gasteiger partial charge >= 0.3 is 11.9 Å². The Morgan fingerprint density at radius 3 is 1.78 bits per heavy atom. The molecule has 0 radical (unpaired) electrons. The van der Waals surface area contributed by atoms with Crippen molar-refractivity contribution in [3.05, 3.63) is 24.3 Å². The molecule has 0 heterocycles. The van der Waals surface area contributed by atoms with Gasteiger partial charge in [0.1, 0.15) is 6.61 Å². The normalized spacial score (nSPS) is 20.4. The molecular weight excluding hydrogens is 644 g/mol. The maximum absolute atomic E-state index is 12.3. The quantitative estimate of drug-likeness (QED) is 0.0293. The van der Waals surface area contributed by atoms with Crippen molar-refractivity contribution in [2.45, 2.75) is 212 Å². The SMILES string of the molecule is CCCCCCCCCCCCCCCCCCCC(=O)OC[C@H](CO)OC(=O)CCC/C=C/C[C@@H]1[C@@H](/C=C/[C@@H](O)CCCCC)[C@H](O)C[C@@H]1O. The van der Waals surface area contributed by atoms with E-state index in [-0.39, 0.29) is 30.8 Å². The second-order valence-electron chi connectivity index (χ2n) is 15.0. The Bertz CT molecular complexity index is 889. The highest BCUT2D eigenvalue weighted by molar-refractivity contribution is 5.70. The van der Waals surface area contributed by atoms with Gasteiger partial charge in [-0.25, -0.2) is 0 Å². The fourth-order valence-corrected chi connectivity index (χ4v) is 7.02. The summed E-state index contributed by atoms with van der Waals surface area (Å²) in [4.78, 5) is 24.4. The Kier molecular flexibility index (Phi) is 30.5. The van der Waals surface area contributed by atoms with Crippen LogP contribution in [0.3, 0.4) is 0 Å². The van der Waals surface area contributed by atoms with Crippen LogP contribution in [-0.2, 0) is 19.1 Å². The number of esters is 2. The lowest BCUT2D eigenvalue weighted by Crippen LogP contribution is -2.28. The van der Waals surface area contributed by atoms with Gasteiger partial charge in [-0.2, -0.15) is 0 Å². The topological polar surface area (TPSA) is 134 Å². The zero-order valence-electron chi connectivity index (χ0n) is 32.7. The van der Waals surface area contributed by atoms with Crippen LogP contribution in [0.4, 0.5) is 0 Å². The standard InChI is InChI=1S/C43H78O8/c1-3-5-7-8-9-10-11-12-13-14-15-16-17-18-19-20-25-29-42(48)50-35-37(34-44)51-43(49)30-26-22-21-24-28-38-39(41(47)33-40(38)46)32-31-36(45)27-23-6-4-2/h21,24,31-32,36-41,44-47H,3-20,22-23,25-30,33-35H2,1-2H3/b24-21+,32-31+/t36-,37-,38+,39+,40-,41+/m0/s1. The van der Waals surface area contributed by atoms with Gasteiger partial charge in [0.2, 0.25) is 0 Å². The molecule has 1 aliphatic carbocycles. The van der Waals surface area contributed by atoms with Gasteiger partial charge in [0.15, 0.2) is 6.10 Å². The number of carbonyl (C=O) groups is 2. The number of hydrogen-bond acceptors (Lipinski definition) is 8. The van der Waals surface area contributed by atoms with Crippen molar-refractivity contribution in [2.24, 2.45) is 11.8 Å². The van der Waals surface area contributed by atoms with Crippen LogP contribution in [0.1, 0.15) is 187 Å². The zero-order chi connectivity index (χ0) is 37.4. The van der Waals surface area contributed by atoms with Gasteiger partial charge in [0.05, 0.1) is 24.9 Å². The third kappa shape index (κ3) is 25.8. The number of rotatable bonds is 34. The van der Waals surface area contributed by atoms with Crippen LogP contribution in [0.15, 0.2) is 24.3 Å². The number of ether oxygens (including phenoxy) is 2. The van der Waals surface area contributed by atoms with Crippen molar-refractivity contribution in [3.63, 3.8) is 0 Å². The largest absolute Gasteiger partial charge is 0.462 e. The van der Waals surface area contributed by atoms with E-state index in [4.69, 9.17) is 9.47 Å². The number of aliphatic hydroxyl groups excluding tert-OH is 4. The van der Waals surface area contributed by atoms with Crippen molar-refractivity contribution < 1.29 is 39.5 Å². The minimum Gasteiger partial charge on any atom is -0.462 e. The molecule has 0 aromatic heterocycles. The molecule has 4 N–H and O–H groups in total. The summed E-state index contributed by atoms with van der Waals surface area (Å²) in [6, 6.07) is 0. The van der Waals surface area contributed by atoms with Crippen LogP contribution in [0.5, 0.6) is 0 Å². The Morgan fingerprint density at radius 2 is 1.22 bits per heavy atom. The van der Waals surface area contributed by atoms with E-state index in [1.165, 1.54) is 89.9 Å². The maximum atomic E-state index is 12.3. The van der Waals surface area contributed by atoms with Crippen LogP contribution in [0.2, 0.25) is 0 Å². The van der Waals surface area contributed by atoms with Gasteiger partial charge in [-0.15, -0.1) is 0 Å². The van der Waals surface area contributed by atoms with E-state index >= 15 is 0 Å². The average Bonchev–Trinajstić information content (AvgIpc) is 3.39. The molecule has 1 rings (SSSR count). The van der Waals surface area contributed by atoms with Crippen LogP contribution in [0, 0.1) is 11.8 Å². The lowest BCUT2D eigenvalue weighted by atomic mass is 9.89. The monoisotopic (exact) mass is 723 g/mol. The van der Waals surface area contributed by atoms with Crippen molar-refractivity contribution in [3.8, 4) is 0 Å². The van der Waals surface area contributed by atoms with Gasteiger partial charge in [0, 0.05) is 25.2 Å². The predicted molar refractivity (Wildman–Crippen MR) is 207 cm³/mol. The second-order valence-corrected chi connectivity index (χ2v) is 15.0. The predicted octanol–water partition coefficient (Wildman–Crippen LogP) is 9.45. The summed E-state index contributed by atoms with van der Waals surface area (Å²) in [7, 11) is 0. The highest BCUT2D eigenvalue weighted by Gasteiger charge is 2.39. The van der Waals surface area contributed by atoms with E-state index in [0.29, 0.717) is 38.5 Å². The Morgan fingerprint density at radius 1 is 0.686 bits per heavy atom. The first kappa shape index (κ1) is 47.3. The summed E-state index contributed by atoms with van der Waals surface area (Å²) >= 11 is 0. The van der Waals surface area contributed by atoms with E-state index in [9.17, 15) is 30.0 Å². The smallest absolute Gasteiger partial charge is 0.306 e. The van der Waals surface area contributed by atoms with Gasteiger partial charge < -0.3 is 29.9 Å². The number of hydrogen-bond donors (Lipinski definition) is 4. The summed E-state index contributed by atoms with van der Waals surface area (Å²) in [5, 5.41) is 40.7. The lowest BCUT2D eigenvalue weighted by molar-refractivity contribution is -0.161. The van der Waals surface area contributed by atoms with Crippen LogP contribution in [-0.4, -0.2) is 70.0 Å². The fourth-order valence-electron chi connectivity index (χ4n) is 7.02. The average molecular weight is 723 g/mol. The lowest BCUT2D eigenvalue weighted by Gasteiger charge is -2.19. The molecule has 8 heteroatoms. The van der Waals surface area contributed by atoms with E-state index < -0.39 is 37.0 Å². The third-order valence-corrected chi connectivity index (χ3v) is 10.3. The van der Waals surface area contributed by atoms with Crippen molar-refractivity contribution in [2.75, 3.05) is 13.2 Å². The van der Waals surface area contributed by atoms with E-state index in [1.54, 1.807) is 6.08 Å². The molecule has 1 aliphatic rings. The zero-order valence-corrected chi connectivity index (χ0v) is 32.7. The summed E-state index contributed by atoms with van der Waals surface area (Å²) in [5.74, 6) is -1.09. The van der Waals surface area contributed by atoms with Crippen LogP contribution >= 0.6 is 0 Å². The van der Waals surface area contributed by atoms with Crippen molar-refractivity contribution in [1.82, 2.24) is 0 Å². The number of aliphatic hydroxyl groups is 4. The molecule has 298 valence electrons. The van der Waals surface area contributed by atoms with Gasteiger partial charge in [-0.3, -0.25) is 9.59 Å². The number of allylic oxidation sites excluding steroid dienone is 2. The molecule has 0 saturated heterocycles. The molecule has 0 unspecified atom stereocenters. The van der Waals surface area contributed by atoms with E-state index in [2.05, 4.69) is 13.8 Å². The molecule has 1 fully saturated rings. The third-order valence-electron chi connectivity index (χ3n) is 10.3. The first-order chi connectivity index (χ1) is 24.8.